The van der Waals surface area contributed by atoms with Gasteiger partial charge in [0.15, 0.2) is 0 Å². The summed E-state index contributed by atoms with van der Waals surface area (Å²) in [5, 5.41) is 9.44. The van der Waals surface area contributed by atoms with E-state index in [1.807, 2.05) is 6.92 Å². The molecule has 1 rings (SSSR count). The van der Waals surface area contributed by atoms with Gasteiger partial charge >= 0.3 is 5.97 Å². The minimum absolute atomic E-state index is 0.160. The molecule has 1 aromatic carbocycles. The zero-order chi connectivity index (χ0) is 12.0. The molecule has 0 fully saturated rings. The first kappa shape index (κ1) is 12.8. The lowest BCUT2D eigenvalue weighted by Gasteiger charge is -2.13. The van der Waals surface area contributed by atoms with Crippen molar-refractivity contribution in [2.75, 3.05) is 6.61 Å². The van der Waals surface area contributed by atoms with E-state index in [9.17, 15) is 4.79 Å². The quantitative estimate of drug-likeness (QED) is 0.833. The molecule has 88 valence electrons. The Morgan fingerprint density at radius 1 is 1.50 bits per heavy atom. The molecule has 4 heteroatoms. The molecule has 0 aliphatic rings. The monoisotopic (exact) mass is 242 g/mol. The lowest BCUT2D eigenvalue weighted by molar-refractivity contribution is -0.143. The second-order valence-electron chi connectivity index (χ2n) is 3.57. The summed E-state index contributed by atoms with van der Waals surface area (Å²) in [5.74, 6) is -0.762. The Hall–Kier alpha value is -1.22. The van der Waals surface area contributed by atoms with Gasteiger partial charge in [0.05, 0.1) is 10.9 Å². The molecule has 0 aliphatic heterocycles. The Labute approximate surface area is 100.0 Å². The fraction of sp³-hybridized carbons (Fsp3) is 0.417. The second-order valence-corrected chi connectivity index (χ2v) is 3.97. The lowest BCUT2D eigenvalue weighted by atomic mass is 10.1. The normalized spacial score (nSPS) is 12.1. The molecule has 0 spiro atoms. The molecule has 0 saturated carbocycles. The van der Waals surface area contributed by atoms with Gasteiger partial charge in [0.1, 0.15) is 12.4 Å². The average molecular weight is 243 g/mol. The molecule has 0 bridgehead atoms. The second kappa shape index (κ2) is 6.38. The Bertz CT molecular complexity index is 352. The van der Waals surface area contributed by atoms with Gasteiger partial charge in [-0.2, -0.15) is 0 Å². The third-order valence-electron chi connectivity index (χ3n) is 2.26. The van der Waals surface area contributed by atoms with Gasteiger partial charge in [-0.05, 0) is 18.6 Å². The predicted octanol–water partition coefficient (Wildman–Crippen LogP) is 3.22. The van der Waals surface area contributed by atoms with Gasteiger partial charge in [0, 0.05) is 0 Å². The smallest absolute Gasteiger partial charge is 0.309 e. The van der Waals surface area contributed by atoms with Crippen molar-refractivity contribution in [3.8, 4) is 5.75 Å². The largest absolute Gasteiger partial charge is 0.491 e. The first-order valence-corrected chi connectivity index (χ1v) is 5.63. The van der Waals surface area contributed by atoms with E-state index in [1.165, 1.54) is 0 Å². The number of benzene rings is 1. The van der Waals surface area contributed by atoms with Crippen LogP contribution in [0.1, 0.15) is 19.8 Å². The molecule has 3 nitrogen and oxygen atoms in total. The molecule has 16 heavy (non-hydrogen) atoms. The predicted molar refractivity (Wildman–Crippen MR) is 63.0 cm³/mol. The fourth-order valence-electron chi connectivity index (χ4n) is 1.38. The molecule has 0 radical (unpaired) electrons. The van der Waals surface area contributed by atoms with Crippen LogP contribution in [0.15, 0.2) is 24.3 Å². The summed E-state index contributed by atoms with van der Waals surface area (Å²) >= 11 is 5.89. The first-order chi connectivity index (χ1) is 7.65. The number of ether oxygens (including phenoxy) is 1. The summed E-state index contributed by atoms with van der Waals surface area (Å²) in [5.41, 5.74) is 0. The van der Waals surface area contributed by atoms with E-state index in [4.69, 9.17) is 21.4 Å². The summed E-state index contributed by atoms with van der Waals surface area (Å²) < 4.78 is 5.40. The number of hydrogen-bond donors (Lipinski definition) is 1. The minimum Gasteiger partial charge on any atom is -0.491 e. The molecule has 1 N–H and O–H groups in total. The summed E-state index contributed by atoms with van der Waals surface area (Å²) in [4.78, 5) is 10.9. The van der Waals surface area contributed by atoms with Gasteiger partial charge in [0.2, 0.25) is 0 Å². The molecule has 0 aromatic heterocycles. The number of halogens is 1. The van der Waals surface area contributed by atoms with Gasteiger partial charge < -0.3 is 9.84 Å². The number of rotatable bonds is 6. The van der Waals surface area contributed by atoms with Crippen LogP contribution in [0.25, 0.3) is 0 Å². The average Bonchev–Trinajstić information content (AvgIpc) is 2.26. The molecular formula is C12H15ClO3. The van der Waals surface area contributed by atoms with Gasteiger partial charge in [-0.25, -0.2) is 0 Å². The molecule has 0 aliphatic carbocycles. The van der Waals surface area contributed by atoms with Crippen LogP contribution < -0.4 is 4.74 Å². The van der Waals surface area contributed by atoms with Crippen molar-refractivity contribution in [1.82, 2.24) is 0 Å². The topological polar surface area (TPSA) is 46.5 Å². The molecular weight excluding hydrogens is 228 g/mol. The van der Waals surface area contributed by atoms with Crippen molar-refractivity contribution in [3.63, 3.8) is 0 Å². The zero-order valence-corrected chi connectivity index (χ0v) is 9.91. The highest BCUT2D eigenvalue weighted by molar-refractivity contribution is 6.32. The maximum atomic E-state index is 10.9. The third kappa shape index (κ3) is 3.74. The van der Waals surface area contributed by atoms with Gasteiger partial charge in [-0.15, -0.1) is 0 Å². The number of carboxylic acids is 1. The van der Waals surface area contributed by atoms with E-state index in [-0.39, 0.29) is 6.61 Å². The van der Waals surface area contributed by atoms with Crippen LogP contribution in [0.3, 0.4) is 0 Å². The van der Waals surface area contributed by atoms with Gasteiger partial charge in [-0.3, -0.25) is 4.79 Å². The van der Waals surface area contributed by atoms with Crippen LogP contribution in [0.2, 0.25) is 5.02 Å². The van der Waals surface area contributed by atoms with E-state index in [0.29, 0.717) is 17.2 Å². The zero-order valence-electron chi connectivity index (χ0n) is 9.15. The number of para-hydroxylation sites is 1. The molecule has 0 heterocycles. The van der Waals surface area contributed by atoms with E-state index < -0.39 is 11.9 Å². The Kier molecular flexibility index (Phi) is 5.12. The Morgan fingerprint density at radius 3 is 2.75 bits per heavy atom. The van der Waals surface area contributed by atoms with Crippen molar-refractivity contribution in [2.24, 2.45) is 5.92 Å². The van der Waals surface area contributed by atoms with Gasteiger partial charge in [-0.1, -0.05) is 37.1 Å². The van der Waals surface area contributed by atoms with Crippen molar-refractivity contribution in [2.45, 2.75) is 19.8 Å². The Balaban J connectivity index is 2.55. The van der Waals surface area contributed by atoms with Crippen molar-refractivity contribution >= 4 is 17.6 Å². The molecule has 1 atom stereocenters. The number of carbonyl (C=O) groups is 1. The highest BCUT2D eigenvalue weighted by Crippen LogP contribution is 2.24. The fourth-order valence-corrected chi connectivity index (χ4v) is 1.57. The van der Waals surface area contributed by atoms with Crippen LogP contribution in [0, 0.1) is 5.92 Å². The van der Waals surface area contributed by atoms with Crippen LogP contribution >= 0.6 is 11.6 Å². The lowest BCUT2D eigenvalue weighted by Crippen LogP contribution is -2.21. The number of aliphatic carboxylic acids is 1. The summed E-state index contributed by atoms with van der Waals surface area (Å²) in [7, 11) is 0. The van der Waals surface area contributed by atoms with Crippen molar-refractivity contribution in [1.29, 1.82) is 0 Å². The van der Waals surface area contributed by atoms with Crippen LogP contribution in [-0.4, -0.2) is 17.7 Å². The maximum Gasteiger partial charge on any atom is 0.309 e. The minimum atomic E-state index is -0.825. The van der Waals surface area contributed by atoms with Crippen molar-refractivity contribution < 1.29 is 14.6 Å². The van der Waals surface area contributed by atoms with Crippen LogP contribution in [0.4, 0.5) is 0 Å². The van der Waals surface area contributed by atoms with Crippen LogP contribution in [0.5, 0.6) is 5.75 Å². The van der Waals surface area contributed by atoms with E-state index in [0.717, 1.165) is 6.42 Å². The van der Waals surface area contributed by atoms with Gasteiger partial charge in [0.25, 0.3) is 0 Å². The molecule has 0 amide bonds. The van der Waals surface area contributed by atoms with E-state index in [1.54, 1.807) is 24.3 Å². The molecule has 0 saturated heterocycles. The molecule has 1 unspecified atom stereocenters. The van der Waals surface area contributed by atoms with E-state index >= 15 is 0 Å². The number of carboxylic acid groups (broad SMARTS) is 1. The summed E-state index contributed by atoms with van der Waals surface area (Å²) in [6.07, 6.45) is 1.43. The standard InChI is InChI=1S/C12H15ClO3/c1-2-5-9(12(14)15)8-16-11-7-4-3-6-10(11)13/h3-4,6-7,9H,2,5,8H2,1H3,(H,14,15). The highest BCUT2D eigenvalue weighted by Gasteiger charge is 2.17. The summed E-state index contributed by atoms with van der Waals surface area (Å²) in [6, 6.07) is 7.05. The highest BCUT2D eigenvalue weighted by atomic mass is 35.5. The van der Waals surface area contributed by atoms with Crippen molar-refractivity contribution in [3.05, 3.63) is 29.3 Å². The van der Waals surface area contributed by atoms with E-state index in [2.05, 4.69) is 0 Å². The number of hydrogen-bond acceptors (Lipinski definition) is 2. The Morgan fingerprint density at radius 2 is 2.19 bits per heavy atom. The summed E-state index contributed by atoms with van der Waals surface area (Å²) in [6.45, 7) is 2.11. The first-order valence-electron chi connectivity index (χ1n) is 5.25. The maximum absolute atomic E-state index is 10.9. The third-order valence-corrected chi connectivity index (χ3v) is 2.58. The van der Waals surface area contributed by atoms with Crippen LogP contribution in [-0.2, 0) is 4.79 Å². The SMILES string of the molecule is CCCC(COc1ccccc1Cl)C(=O)O. The molecule has 1 aromatic rings.